The molecule has 1 fully saturated rings. The highest BCUT2D eigenvalue weighted by Gasteiger charge is 2.35. The molecule has 0 N–H and O–H groups in total. The lowest BCUT2D eigenvalue weighted by molar-refractivity contribution is -0.117. The monoisotopic (exact) mass is 347 g/mol. The second-order valence-corrected chi connectivity index (χ2v) is 7.23. The maximum absolute atomic E-state index is 13.0. The molecule has 5 rings (SSSR count). The van der Waals surface area contributed by atoms with Crippen molar-refractivity contribution >= 4 is 23.2 Å². The van der Waals surface area contributed by atoms with Gasteiger partial charge in [-0.25, -0.2) is 0 Å². The van der Waals surface area contributed by atoms with E-state index in [1.807, 2.05) is 40.1 Å². The van der Waals surface area contributed by atoms with Crippen LogP contribution in [0, 0.1) is 0 Å². The Morgan fingerprint density at radius 2 is 1.62 bits per heavy atom. The molecule has 132 valence electrons. The summed E-state index contributed by atoms with van der Waals surface area (Å²) in [6, 6.07) is 14.3. The Kier molecular flexibility index (Phi) is 3.48. The second kappa shape index (κ2) is 5.87. The maximum atomic E-state index is 13.0. The van der Waals surface area contributed by atoms with Crippen molar-refractivity contribution < 1.29 is 9.59 Å². The lowest BCUT2D eigenvalue weighted by Crippen LogP contribution is -2.48. The minimum atomic E-state index is 0.0922. The van der Waals surface area contributed by atoms with E-state index in [4.69, 9.17) is 0 Å². The van der Waals surface area contributed by atoms with Crippen molar-refractivity contribution in [1.29, 1.82) is 0 Å². The molecule has 3 aliphatic heterocycles. The zero-order valence-corrected chi connectivity index (χ0v) is 14.6. The largest absolute Gasteiger partial charge is 0.368 e. The van der Waals surface area contributed by atoms with Gasteiger partial charge in [-0.2, -0.15) is 0 Å². The first-order chi connectivity index (χ1) is 12.7. The van der Waals surface area contributed by atoms with Crippen molar-refractivity contribution in [2.45, 2.75) is 12.8 Å². The summed E-state index contributed by atoms with van der Waals surface area (Å²) in [5.74, 6) is 0.259. The van der Waals surface area contributed by atoms with Crippen LogP contribution in [0.5, 0.6) is 0 Å². The van der Waals surface area contributed by atoms with Crippen LogP contribution in [0.2, 0.25) is 0 Å². The lowest BCUT2D eigenvalue weighted by atomic mass is 10.0. The lowest BCUT2D eigenvalue weighted by Gasteiger charge is -2.36. The summed E-state index contributed by atoms with van der Waals surface area (Å²) >= 11 is 0. The van der Waals surface area contributed by atoms with Gasteiger partial charge in [-0.3, -0.25) is 9.59 Å². The number of carbonyl (C=O) groups excluding carboxylic acids is 2. The summed E-state index contributed by atoms with van der Waals surface area (Å²) in [5.41, 5.74) is 5.20. The van der Waals surface area contributed by atoms with Crippen LogP contribution in [0.1, 0.15) is 21.5 Å². The standard InChI is InChI=1S/C21H21N3O2/c25-19-14-16-13-17(12-15-6-7-24(19)20(15)16)21(26)23-10-8-22(9-11-23)18-4-2-1-3-5-18/h1-5,12-13H,6-11,14H2. The van der Waals surface area contributed by atoms with E-state index in [-0.39, 0.29) is 11.8 Å². The van der Waals surface area contributed by atoms with E-state index >= 15 is 0 Å². The van der Waals surface area contributed by atoms with Gasteiger partial charge in [-0.15, -0.1) is 0 Å². The van der Waals surface area contributed by atoms with Gasteiger partial charge in [0.1, 0.15) is 0 Å². The normalized spacial score (nSPS) is 18.5. The quantitative estimate of drug-likeness (QED) is 0.836. The molecule has 3 heterocycles. The van der Waals surface area contributed by atoms with Gasteiger partial charge in [0.15, 0.2) is 0 Å². The molecule has 3 aliphatic rings. The molecule has 2 aromatic rings. The van der Waals surface area contributed by atoms with Gasteiger partial charge < -0.3 is 14.7 Å². The van der Waals surface area contributed by atoms with E-state index in [9.17, 15) is 9.59 Å². The zero-order valence-electron chi connectivity index (χ0n) is 14.6. The van der Waals surface area contributed by atoms with Gasteiger partial charge in [0.05, 0.1) is 12.1 Å². The van der Waals surface area contributed by atoms with Gasteiger partial charge in [0, 0.05) is 44.0 Å². The minimum Gasteiger partial charge on any atom is -0.368 e. The number of nitrogens with zero attached hydrogens (tertiary/aromatic N) is 3. The van der Waals surface area contributed by atoms with Gasteiger partial charge in [0.25, 0.3) is 5.91 Å². The molecule has 0 saturated carbocycles. The van der Waals surface area contributed by atoms with Crippen molar-refractivity contribution in [2.24, 2.45) is 0 Å². The number of carbonyl (C=O) groups is 2. The van der Waals surface area contributed by atoms with Crippen LogP contribution < -0.4 is 9.80 Å². The number of benzene rings is 2. The molecule has 0 atom stereocenters. The van der Waals surface area contributed by atoms with E-state index < -0.39 is 0 Å². The minimum absolute atomic E-state index is 0.0922. The molecule has 5 nitrogen and oxygen atoms in total. The molecule has 0 radical (unpaired) electrons. The molecule has 5 heteroatoms. The summed E-state index contributed by atoms with van der Waals surface area (Å²) < 4.78 is 0. The fourth-order valence-corrected chi connectivity index (χ4v) is 4.40. The number of amides is 2. The number of hydrogen-bond donors (Lipinski definition) is 0. The summed E-state index contributed by atoms with van der Waals surface area (Å²) in [6.45, 7) is 3.91. The molecule has 0 unspecified atom stereocenters. The van der Waals surface area contributed by atoms with Crippen molar-refractivity contribution in [2.75, 3.05) is 42.5 Å². The number of rotatable bonds is 2. The van der Waals surface area contributed by atoms with Crippen molar-refractivity contribution in [3.63, 3.8) is 0 Å². The Morgan fingerprint density at radius 1 is 0.885 bits per heavy atom. The molecular weight excluding hydrogens is 326 g/mol. The fourth-order valence-electron chi connectivity index (χ4n) is 4.40. The van der Waals surface area contributed by atoms with Gasteiger partial charge >= 0.3 is 0 Å². The number of piperazine rings is 1. The first-order valence-corrected chi connectivity index (χ1v) is 9.26. The Morgan fingerprint density at radius 3 is 2.38 bits per heavy atom. The first-order valence-electron chi connectivity index (χ1n) is 9.26. The highest BCUT2D eigenvalue weighted by atomic mass is 16.2. The van der Waals surface area contributed by atoms with Crippen molar-refractivity contribution in [1.82, 2.24) is 4.90 Å². The predicted molar refractivity (Wildman–Crippen MR) is 101 cm³/mol. The van der Waals surface area contributed by atoms with Gasteiger partial charge in [0.2, 0.25) is 5.91 Å². The number of para-hydroxylation sites is 1. The summed E-state index contributed by atoms with van der Waals surface area (Å²) in [4.78, 5) is 31.2. The average Bonchev–Trinajstić information content (AvgIpc) is 3.26. The molecule has 2 aromatic carbocycles. The van der Waals surface area contributed by atoms with Crippen molar-refractivity contribution in [3.05, 3.63) is 59.2 Å². The molecule has 0 aliphatic carbocycles. The SMILES string of the molecule is O=C(c1cc2c3c(c1)CC(=O)N3CC2)N1CCN(c2ccccc2)CC1. The van der Waals surface area contributed by atoms with Crippen LogP contribution in [0.15, 0.2) is 42.5 Å². The Bertz CT molecular complexity index is 886. The Labute approximate surface area is 152 Å². The molecule has 0 spiro atoms. The molecule has 26 heavy (non-hydrogen) atoms. The van der Waals surface area contributed by atoms with Gasteiger partial charge in [-0.05, 0) is 41.8 Å². The third-order valence-corrected chi connectivity index (χ3v) is 5.72. The highest BCUT2D eigenvalue weighted by molar-refractivity contribution is 6.05. The summed E-state index contributed by atoms with van der Waals surface area (Å²) in [5, 5.41) is 0. The molecule has 1 saturated heterocycles. The van der Waals surface area contributed by atoms with Crippen LogP contribution in [-0.4, -0.2) is 49.4 Å². The molecule has 0 aromatic heterocycles. The summed E-state index contributed by atoms with van der Waals surface area (Å²) in [6.07, 6.45) is 1.29. The van der Waals surface area contributed by atoms with Gasteiger partial charge in [-0.1, -0.05) is 18.2 Å². The smallest absolute Gasteiger partial charge is 0.253 e. The third-order valence-electron chi connectivity index (χ3n) is 5.72. The van der Waals surface area contributed by atoms with Crippen LogP contribution in [-0.2, 0) is 17.6 Å². The van der Waals surface area contributed by atoms with Crippen molar-refractivity contribution in [3.8, 4) is 0 Å². The predicted octanol–water partition coefficient (Wildman–Crippen LogP) is 2.09. The van der Waals surface area contributed by atoms with E-state index in [1.54, 1.807) is 0 Å². The topological polar surface area (TPSA) is 43.9 Å². The van der Waals surface area contributed by atoms with Crippen LogP contribution in [0.4, 0.5) is 11.4 Å². The average molecular weight is 347 g/mol. The number of hydrogen-bond acceptors (Lipinski definition) is 3. The molecule has 2 amide bonds. The van der Waals surface area contributed by atoms with Crippen LogP contribution in [0.3, 0.4) is 0 Å². The van der Waals surface area contributed by atoms with E-state index in [1.165, 1.54) is 5.69 Å². The maximum Gasteiger partial charge on any atom is 0.253 e. The highest BCUT2D eigenvalue weighted by Crippen LogP contribution is 2.38. The number of anilines is 2. The summed E-state index contributed by atoms with van der Waals surface area (Å²) in [7, 11) is 0. The Hall–Kier alpha value is -2.82. The zero-order chi connectivity index (χ0) is 17.7. The third kappa shape index (κ3) is 2.38. The fraction of sp³-hybridized carbons (Fsp3) is 0.333. The second-order valence-electron chi connectivity index (χ2n) is 7.23. The first kappa shape index (κ1) is 15.4. The van der Waals surface area contributed by atoms with E-state index in [2.05, 4.69) is 17.0 Å². The van der Waals surface area contributed by atoms with E-state index in [0.29, 0.717) is 6.42 Å². The van der Waals surface area contributed by atoms with Crippen LogP contribution >= 0.6 is 0 Å². The van der Waals surface area contributed by atoms with Crippen LogP contribution in [0.25, 0.3) is 0 Å². The molecular formula is C21H21N3O2. The Balaban J connectivity index is 1.33. The van der Waals surface area contributed by atoms with E-state index in [0.717, 1.165) is 61.5 Å². The molecule has 0 bridgehead atoms.